The van der Waals surface area contributed by atoms with E-state index in [2.05, 4.69) is 5.32 Å². The summed E-state index contributed by atoms with van der Waals surface area (Å²) in [5, 5.41) is 3.56. The standard InChI is InChI=1S/C30H31Cl2FN2O5S/c1-2-40-30(37)22-7-3-20(4-8-22)18-35(19-21-5-9-23(31)10-6-21)41(38,39)26-15-16-28(33)27(17-26)29(36)34-25-13-11-24(32)12-14-25/h5-6,9-17,20,22H,2-4,7-8,18-19H2,1H3,(H,34,36). The molecule has 0 bridgehead atoms. The second-order valence-corrected chi connectivity index (χ2v) is 12.8. The Kier molecular flexibility index (Phi) is 10.4. The average Bonchev–Trinajstić information content (AvgIpc) is 2.95. The van der Waals surface area contributed by atoms with Crippen molar-refractivity contribution >= 4 is 50.8 Å². The number of nitrogens with one attached hydrogen (secondary N) is 1. The van der Waals surface area contributed by atoms with Crippen molar-refractivity contribution in [2.24, 2.45) is 11.8 Å². The van der Waals surface area contributed by atoms with E-state index in [1.807, 2.05) is 0 Å². The summed E-state index contributed by atoms with van der Waals surface area (Å²) in [5.41, 5.74) is 0.707. The van der Waals surface area contributed by atoms with E-state index in [1.165, 1.54) is 4.31 Å². The van der Waals surface area contributed by atoms with Crippen LogP contribution in [0.5, 0.6) is 0 Å². The third-order valence-corrected chi connectivity index (χ3v) is 9.43. The predicted octanol–water partition coefficient (Wildman–Crippen LogP) is 6.95. The van der Waals surface area contributed by atoms with Crippen molar-refractivity contribution in [2.75, 3.05) is 18.5 Å². The number of nitrogens with zero attached hydrogens (tertiary/aromatic N) is 1. The average molecular weight is 622 g/mol. The van der Waals surface area contributed by atoms with Gasteiger partial charge in [-0.05, 0) is 98.7 Å². The highest BCUT2D eigenvalue weighted by atomic mass is 35.5. The SMILES string of the molecule is CCOC(=O)C1CCC(CN(Cc2ccc(Cl)cc2)S(=O)(=O)c2ccc(F)c(C(=O)Nc3ccc(Cl)cc3)c2)CC1. The van der Waals surface area contributed by atoms with E-state index < -0.39 is 27.3 Å². The summed E-state index contributed by atoms with van der Waals surface area (Å²) in [6.07, 6.45) is 2.55. The number of amides is 1. The summed E-state index contributed by atoms with van der Waals surface area (Å²) < 4.78 is 49.2. The van der Waals surface area contributed by atoms with Crippen LogP contribution in [-0.4, -0.2) is 37.8 Å². The lowest BCUT2D eigenvalue weighted by atomic mass is 9.82. The van der Waals surface area contributed by atoms with Crippen molar-refractivity contribution < 1.29 is 27.1 Å². The lowest BCUT2D eigenvalue weighted by molar-refractivity contribution is -0.149. The number of halogens is 3. The Labute approximate surface area is 249 Å². The summed E-state index contributed by atoms with van der Waals surface area (Å²) in [6, 6.07) is 16.3. The molecule has 0 heterocycles. The lowest BCUT2D eigenvalue weighted by Gasteiger charge is -2.31. The largest absolute Gasteiger partial charge is 0.466 e. The molecule has 3 aromatic rings. The molecule has 0 saturated heterocycles. The molecule has 4 rings (SSSR count). The van der Waals surface area contributed by atoms with Gasteiger partial charge in [-0.3, -0.25) is 9.59 Å². The van der Waals surface area contributed by atoms with Crippen molar-refractivity contribution in [2.45, 2.75) is 44.0 Å². The maximum absolute atomic E-state index is 14.7. The second-order valence-electron chi connectivity index (χ2n) is 10.00. The highest BCUT2D eigenvalue weighted by Gasteiger charge is 2.33. The second kappa shape index (κ2) is 13.8. The Bertz CT molecular complexity index is 1480. The molecule has 0 aromatic heterocycles. The van der Waals surface area contributed by atoms with Gasteiger partial charge in [-0.2, -0.15) is 4.31 Å². The summed E-state index contributed by atoms with van der Waals surface area (Å²) in [5.74, 6) is -2.03. The molecule has 11 heteroatoms. The summed E-state index contributed by atoms with van der Waals surface area (Å²) in [4.78, 5) is 24.9. The molecule has 1 amide bonds. The zero-order chi connectivity index (χ0) is 29.6. The summed E-state index contributed by atoms with van der Waals surface area (Å²) >= 11 is 11.9. The van der Waals surface area contributed by atoms with Crippen LogP contribution < -0.4 is 5.32 Å². The van der Waals surface area contributed by atoms with Gasteiger partial charge in [0.2, 0.25) is 10.0 Å². The molecule has 0 atom stereocenters. The highest BCUT2D eigenvalue weighted by Crippen LogP contribution is 2.32. The van der Waals surface area contributed by atoms with E-state index in [9.17, 15) is 22.4 Å². The van der Waals surface area contributed by atoms with Crippen LogP contribution in [0.4, 0.5) is 10.1 Å². The third-order valence-electron chi connectivity index (χ3n) is 7.12. The molecular weight excluding hydrogens is 590 g/mol. The number of hydrogen-bond acceptors (Lipinski definition) is 5. The van der Waals surface area contributed by atoms with Gasteiger partial charge in [0.1, 0.15) is 5.82 Å². The van der Waals surface area contributed by atoms with Crippen molar-refractivity contribution in [3.63, 3.8) is 0 Å². The van der Waals surface area contributed by atoms with Gasteiger partial charge in [0.05, 0.1) is 23.0 Å². The quantitative estimate of drug-likeness (QED) is 0.248. The lowest BCUT2D eigenvalue weighted by Crippen LogP contribution is -2.37. The number of anilines is 1. The molecule has 0 radical (unpaired) electrons. The molecule has 3 aromatic carbocycles. The molecule has 1 aliphatic carbocycles. The number of sulfonamides is 1. The Morgan fingerprint density at radius 3 is 2.17 bits per heavy atom. The van der Waals surface area contributed by atoms with Crippen LogP contribution in [0.2, 0.25) is 10.0 Å². The Morgan fingerprint density at radius 2 is 1.56 bits per heavy atom. The maximum Gasteiger partial charge on any atom is 0.308 e. The molecule has 7 nitrogen and oxygen atoms in total. The number of esters is 1. The van der Waals surface area contributed by atoms with Gasteiger partial charge in [-0.15, -0.1) is 0 Å². The highest BCUT2D eigenvalue weighted by molar-refractivity contribution is 7.89. The molecule has 1 aliphatic rings. The fourth-order valence-electron chi connectivity index (χ4n) is 4.89. The maximum atomic E-state index is 14.7. The molecule has 1 N–H and O–H groups in total. The Balaban J connectivity index is 1.58. The fraction of sp³-hybridized carbons (Fsp3) is 0.333. The van der Waals surface area contributed by atoms with Crippen LogP contribution in [0.15, 0.2) is 71.6 Å². The van der Waals surface area contributed by atoms with E-state index in [4.69, 9.17) is 27.9 Å². The number of hydrogen-bond donors (Lipinski definition) is 1. The predicted molar refractivity (Wildman–Crippen MR) is 157 cm³/mol. The molecule has 0 spiro atoms. The Morgan fingerprint density at radius 1 is 0.951 bits per heavy atom. The summed E-state index contributed by atoms with van der Waals surface area (Å²) in [7, 11) is -4.15. The van der Waals surface area contributed by atoms with Gasteiger partial charge in [0.15, 0.2) is 0 Å². The van der Waals surface area contributed by atoms with Crippen LogP contribution in [-0.2, 0) is 26.1 Å². The van der Waals surface area contributed by atoms with Crippen molar-refractivity contribution in [1.29, 1.82) is 0 Å². The first-order valence-electron chi connectivity index (χ1n) is 13.3. The van der Waals surface area contributed by atoms with E-state index in [-0.39, 0.29) is 35.8 Å². The monoisotopic (exact) mass is 620 g/mol. The number of benzene rings is 3. The minimum Gasteiger partial charge on any atom is -0.466 e. The van der Waals surface area contributed by atoms with E-state index in [0.29, 0.717) is 48.0 Å². The van der Waals surface area contributed by atoms with E-state index >= 15 is 0 Å². The first-order chi connectivity index (χ1) is 19.6. The van der Waals surface area contributed by atoms with Crippen molar-refractivity contribution in [1.82, 2.24) is 4.31 Å². The minimum atomic E-state index is -4.15. The molecule has 0 unspecified atom stereocenters. The zero-order valence-electron chi connectivity index (χ0n) is 22.5. The van der Waals surface area contributed by atoms with Crippen LogP contribution in [0.25, 0.3) is 0 Å². The number of rotatable bonds is 10. The fourth-order valence-corrected chi connectivity index (χ4v) is 6.67. The van der Waals surface area contributed by atoms with Crippen LogP contribution >= 0.6 is 23.2 Å². The summed E-state index contributed by atoms with van der Waals surface area (Å²) in [6.45, 7) is 2.35. The molecule has 41 heavy (non-hydrogen) atoms. The van der Waals surface area contributed by atoms with Gasteiger partial charge >= 0.3 is 5.97 Å². The zero-order valence-corrected chi connectivity index (χ0v) is 24.8. The van der Waals surface area contributed by atoms with Gasteiger partial charge < -0.3 is 10.1 Å². The van der Waals surface area contributed by atoms with Crippen LogP contribution in [0.3, 0.4) is 0 Å². The van der Waals surface area contributed by atoms with Crippen LogP contribution in [0.1, 0.15) is 48.5 Å². The smallest absolute Gasteiger partial charge is 0.308 e. The number of carbonyl (C=O) groups excluding carboxylic acids is 2. The first kappa shape index (κ1) is 31.0. The number of ether oxygens (including phenoxy) is 1. The molecule has 218 valence electrons. The first-order valence-corrected chi connectivity index (χ1v) is 15.5. The van der Waals surface area contributed by atoms with E-state index in [0.717, 1.165) is 23.8 Å². The third kappa shape index (κ3) is 8.07. The van der Waals surface area contributed by atoms with Crippen LogP contribution in [0, 0.1) is 17.7 Å². The minimum absolute atomic E-state index is 0.0101. The molecule has 1 fully saturated rings. The number of carbonyl (C=O) groups is 2. The molecular formula is C30H31Cl2FN2O5S. The van der Waals surface area contributed by atoms with Gasteiger partial charge in [-0.25, -0.2) is 12.8 Å². The molecule has 1 saturated carbocycles. The van der Waals surface area contributed by atoms with Gasteiger partial charge in [-0.1, -0.05) is 35.3 Å². The van der Waals surface area contributed by atoms with E-state index in [1.54, 1.807) is 55.5 Å². The van der Waals surface area contributed by atoms with Gasteiger partial charge in [0.25, 0.3) is 5.91 Å². The normalized spacial score (nSPS) is 17.3. The van der Waals surface area contributed by atoms with Gasteiger partial charge in [0, 0.05) is 28.8 Å². The molecule has 0 aliphatic heterocycles. The van der Waals surface area contributed by atoms with Crippen molar-refractivity contribution in [3.8, 4) is 0 Å². The topological polar surface area (TPSA) is 92.8 Å². The Hall–Kier alpha value is -2.98. The van der Waals surface area contributed by atoms with Crippen molar-refractivity contribution in [3.05, 3.63) is 93.7 Å².